The first kappa shape index (κ1) is 15.8. The van der Waals surface area contributed by atoms with Gasteiger partial charge >= 0.3 is 6.03 Å². The Morgan fingerprint density at radius 1 is 1.00 bits per heavy atom. The van der Waals surface area contributed by atoms with Crippen LogP contribution < -0.4 is 10.2 Å². The first-order valence-electron chi connectivity index (χ1n) is 6.92. The first-order valence-corrected chi connectivity index (χ1v) is 7.30. The van der Waals surface area contributed by atoms with Gasteiger partial charge in [0.1, 0.15) is 11.3 Å². The third kappa shape index (κ3) is 2.87. The molecule has 2 aromatic carbocycles. The van der Waals surface area contributed by atoms with E-state index >= 15 is 0 Å². The Hall–Kier alpha value is -3.12. The summed E-state index contributed by atoms with van der Waals surface area (Å²) in [5.41, 5.74) is 0.310. The van der Waals surface area contributed by atoms with E-state index < -0.39 is 17.8 Å². The number of nitrogens with one attached hydrogen (secondary N) is 1. The van der Waals surface area contributed by atoms with Crippen LogP contribution in [0, 0.1) is 0 Å². The number of para-hydroxylation sites is 1. The number of hydrogen-bond acceptors (Lipinski definition) is 4. The summed E-state index contributed by atoms with van der Waals surface area (Å²) in [6.45, 7) is 0. The zero-order valence-electron chi connectivity index (χ0n) is 12.2. The van der Waals surface area contributed by atoms with Crippen molar-refractivity contribution in [2.45, 2.75) is 0 Å². The van der Waals surface area contributed by atoms with Crippen LogP contribution in [0.1, 0.15) is 5.56 Å². The summed E-state index contributed by atoms with van der Waals surface area (Å²) in [6.07, 6.45) is 1.24. The van der Waals surface area contributed by atoms with Crippen molar-refractivity contribution >= 4 is 41.2 Å². The summed E-state index contributed by atoms with van der Waals surface area (Å²) in [6, 6.07) is 11.4. The second-order valence-electron chi connectivity index (χ2n) is 4.99. The predicted octanol–water partition coefficient (Wildman–Crippen LogP) is 2.71. The van der Waals surface area contributed by atoms with Crippen LogP contribution in [0.2, 0.25) is 5.02 Å². The van der Waals surface area contributed by atoms with Gasteiger partial charge < -0.3 is 5.11 Å². The number of carbonyl (C=O) groups excluding carboxylic acids is 3. The molecule has 1 aliphatic rings. The van der Waals surface area contributed by atoms with Crippen LogP contribution in [0.15, 0.2) is 54.1 Å². The van der Waals surface area contributed by atoms with Crippen LogP contribution in [-0.4, -0.2) is 23.0 Å². The van der Waals surface area contributed by atoms with E-state index in [1.165, 1.54) is 36.4 Å². The zero-order chi connectivity index (χ0) is 17.3. The maximum atomic E-state index is 12.6. The molecule has 0 aliphatic carbocycles. The van der Waals surface area contributed by atoms with E-state index in [9.17, 15) is 19.5 Å². The summed E-state index contributed by atoms with van der Waals surface area (Å²) in [5, 5.41) is 12.4. The largest absolute Gasteiger partial charge is 0.507 e. The molecule has 1 saturated heterocycles. The van der Waals surface area contributed by atoms with Crippen molar-refractivity contribution in [3.63, 3.8) is 0 Å². The lowest BCUT2D eigenvalue weighted by Gasteiger charge is -2.26. The van der Waals surface area contributed by atoms with Gasteiger partial charge in [0.25, 0.3) is 11.8 Å². The Labute approximate surface area is 142 Å². The topological polar surface area (TPSA) is 86.7 Å². The summed E-state index contributed by atoms with van der Waals surface area (Å²) in [7, 11) is 0. The summed E-state index contributed by atoms with van der Waals surface area (Å²) in [5.74, 6) is -1.69. The highest BCUT2D eigenvalue weighted by molar-refractivity contribution is 6.39. The van der Waals surface area contributed by atoms with Gasteiger partial charge in [0.05, 0.1) is 5.69 Å². The average molecular weight is 343 g/mol. The molecule has 0 unspecified atom stereocenters. The highest BCUT2D eigenvalue weighted by Gasteiger charge is 2.36. The van der Waals surface area contributed by atoms with Gasteiger partial charge in [-0.1, -0.05) is 29.8 Å². The van der Waals surface area contributed by atoms with E-state index in [2.05, 4.69) is 5.32 Å². The molecule has 2 N–H and O–H groups in total. The number of benzene rings is 2. The Kier molecular flexibility index (Phi) is 4.05. The number of nitrogens with zero attached hydrogens (tertiary/aromatic N) is 1. The lowest BCUT2D eigenvalue weighted by molar-refractivity contribution is -0.122. The molecule has 3 rings (SSSR count). The number of phenols is 1. The minimum Gasteiger partial charge on any atom is -0.507 e. The summed E-state index contributed by atoms with van der Waals surface area (Å²) < 4.78 is 0. The first-order chi connectivity index (χ1) is 11.5. The second kappa shape index (κ2) is 6.17. The van der Waals surface area contributed by atoms with Crippen molar-refractivity contribution in [2.24, 2.45) is 0 Å². The summed E-state index contributed by atoms with van der Waals surface area (Å²) in [4.78, 5) is 37.5. The summed E-state index contributed by atoms with van der Waals surface area (Å²) >= 11 is 5.80. The lowest BCUT2D eigenvalue weighted by Crippen LogP contribution is -2.54. The number of barbiturate groups is 1. The van der Waals surface area contributed by atoms with Crippen LogP contribution in [0.3, 0.4) is 0 Å². The molecule has 4 amide bonds. The van der Waals surface area contributed by atoms with Gasteiger partial charge in [0.15, 0.2) is 0 Å². The molecule has 1 fully saturated rings. The van der Waals surface area contributed by atoms with Crippen molar-refractivity contribution < 1.29 is 19.5 Å². The molecule has 0 aromatic heterocycles. The molecule has 2 aromatic rings. The highest BCUT2D eigenvalue weighted by atomic mass is 35.5. The minimum atomic E-state index is -0.846. The monoisotopic (exact) mass is 342 g/mol. The number of amides is 4. The number of imide groups is 2. The molecular formula is C17H11ClN2O4. The fourth-order valence-corrected chi connectivity index (χ4v) is 2.37. The maximum Gasteiger partial charge on any atom is 0.335 e. The van der Waals surface area contributed by atoms with Crippen molar-refractivity contribution in [3.8, 4) is 5.75 Å². The molecule has 6 nitrogen and oxygen atoms in total. The van der Waals surface area contributed by atoms with Gasteiger partial charge in [-0.3, -0.25) is 14.9 Å². The normalized spacial score (nSPS) is 16.5. The molecule has 0 bridgehead atoms. The van der Waals surface area contributed by atoms with Crippen molar-refractivity contribution in [2.75, 3.05) is 4.90 Å². The molecule has 24 heavy (non-hydrogen) atoms. The quantitative estimate of drug-likeness (QED) is 0.649. The van der Waals surface area contributed by atoms with E-state index in [4.69, 9.17) is 11.6 Å². The Balaban J connectivity index is 2.03. The van der Waals surface area contributed by atoms with E-state index in [0.717, 1.165) is 4.90 Å². The standard InChI is InChI=1S/C17H11ClN2O4/c18-11-5-7-12(8-6-11)20-16(23)13(15(22)19-17(20)24)9-10-3-1-2-4-14(10)21/h1-9,21H,(H,19,22,24)/b13-9+. The van der Waals surface area contributed by atoms with Crippen LogP contribution in [0.5, 0.6) is 5.75 Å². The Morgan fingerprint density at radius 2 is 1.67 bits per heavy atom. The van der Waals surface area contributed by atoms with Crippen LogP contribution in [-0.2, 0) is 9.59 Å². The molecule has 0 atom stereocenters. The van der Waals surface area contributed by atoms with Gasteiger partial charge in [-0.2, -0.15) is 0 Å². The van der Waals surface area contributed by atoms with E-state index in [1.807, 2.05) is 0 Å². The minimum absolute atomic E-state index is 0.0828. The fourth-order valence-electron chi connectivity index (χ4n) is 2.25. The van der Waals surface area contributed by atoms with Gasteiger partial charge in [0, 0.05) is 10.6 Å². The Morgan fingerprint density at radius 3 is 2.33 bits per heavy atom. The molecule has 120 valence electrons. The zero-order valence-corrected chi connectivity index (χ0v) is 12.9. The smallest absolute Gasteiger partial charge is 0.335 e. The second-order valence-corrected chi connectivity index (χ2v) is 5.43. The predicted molar refractivity (Wildman–Crippen MR) is 88.6 cm³/mol. The molecule has 7 heteroatoms. The SMILES string of the molecule is O=C1NC(=O)N(c2ccc(Cl)cc2)C(=O)/C1=C/c1ccccc1O. The molecule has 0 spiro atoms. The highest BCUT2D eigenvalue weighted by Crippen LogP contribution is 2.25. The molecule has 0 radical (unpaired) electrons. The number of phenolic OH excluding ortho intramolecular Hbond substituents is 1. The van der Waals surface area contributed by atoms with E-state index in [0.29, 0.717) is 10.6 Å². The van der Waals surface area contributed by atoms with Crippen LogP contribution >= 0.6 is 11.6 Å². The third-order valence-corrected chi connectivity index (χ3v) is 3.68. The number of halogens is 1. The average Bonchev–Trinajstić information content (AvgIpc) is 2.54. The van der Waals surface area contributed by atoms with Crippen LogP contribution in [0.4, 0.5) is 10.5 Å². The third-order valence-electron chi connectivity index (χ3n) is 3.42. The van der Waals surface area contributed by atoms with E-state index in [-0.39, 0.29) is 17.0 Å². The molecule has 1 heterocycles. The number of urea groups is 1. The van der Waals surface area contributed by atoms with Gasteiger partial charge in [-0.05, 0) is 36.4 Å². The maximum absolute atomic E-state index is 12.6. The number of hydrogen-bond donors (Lipinski definition) is 2. The number of rotatable bonds is 2. The van der Waals surface area contributed by atoms with Crippen molar-refractivity contribution in [1.29, 1.82) is 0 Å². The van der Waals surface area contributed by atoms with E-state index in [1.54, 1.807) is 18.2 Å². The van der Waals surface area contributed by atoms with Gasteiger partial charge in [0.2, 0.25) is 0 Å². The number of carbonyl (C=O) groups is 3. The molecule has 0 saturated carbocycles. The lowest BCUT2D eigenvalue weighted by atomic mass is 10.1. The van der Waals surface area contributed by atoms with Gasteiger partial charge in [-0.25, -0.2) is 9.69 Å². The molecule has 1 aliphatic heterocycles. The van der Waals surface area contributed by atoms with Crippen LogP contribution in [0.25, 0.3) is 6.08 Å². The van der Waals surface area contributed by atoms with Crippen molar-refractivity contribution in [1.82, 2.24) is 5.32 Å². The number of anilines is 1. The molecular weight excluding hydrogens is 332 g/mol. The fraction of sp³-hybridized carbons (Fsp3) is 0. The Bertz CT molecular complexity index is 874. The van der Waals surface area contributed by atoms with Crippen molar-refractivity contribution in [3.05, 3.63) is 64.7 Å². The number of aromatic hydroxyl groups is 1. The van der Waals surface area contributed by atoms with Gasteiger partial charge in [-0.15, -0.1) is 0 Å².